The molecule has 0 saturated heterocycles. The van der Waals surface area contributed by atoms with Crippen LogP contribution in [0.5, 0.6) is 0 Å². The molecule has 0 unspecified atom stereocenters. The molecule has 0 aliphatic heterocycles. The number of sulfonamides is 1. The molecule has 7 heteroatoms. The van der Waals surface area contributed by atoms with E-state index in [1.165, 1.54) is 12.1 Å². The number of nitrogens with two attached hydrogens (primary N) is 1. The Labute approximate surface area is 123 Å². The topological polar surface area (TPSA) is 72.2 Å². The number of hydrogen-bond acceptors (Lipinski definition) is 4. The molecule has 1 aromatic carbocycles. The summed E-state index contributed by atoms with van der Waals surface area (Å²) in [5.74, 6) is 0. The minimum Gasteiger partial charge on any atom is -0.326 e. The Kier molecular flexibility index (Phi) is 4.47. The summed E-state index contributed by atoms with van der Waals surface area (Å²) < 4.78 is 27.2. The maximum atomic E-state index is 12.2. The maximum Gasteiger partial charge on any atom is 0.240 e. The molecule has 4 nitrogen and oxygen atoms in total. The molecule has 3 N–H and O–H groups in total. The lowest BCUT2D eigenvalue weighted by Crippen LogP contribution is -2.31. The van der Waals surface area contributed by atoms with Crippen molar-refractivity contribution in [2.45, 2.75) is 29.0 Å². The molecule has 1 aliphatic carbocycles. The number of rotatable bonds is 6. The minimum atomic E-state index is -3.49. The lowest BCUT2D eigenvalue weighted by molar-refractivity contribution is 0.579. The molecule has 0 radical (unpaired) electrons. The molecule has 1 fully saturated rings. The van der Waals surface area contributed by atoms with Gasteiger partial charge in [-0.2, -0.15) is 11.8 Å². The highest BCUT2D eigenvalue weighted by atomic mass is 35.5. The predicted molar refractivity (Wildman–Crippen MR) is 80.0 cm³/mol. The molecule has 19 heavy (non-hydrogen) atoms. The van der Waals surface area contributed by atoms with Crippen LogP contribution in [-0.4, -0.2) is 26.0 Å². The smallest absolute Gasteiger partial charge is 0.240 e. The minimum absolute atomic E-state index is 0.0934. The Morgan fingerprint density at radius 1 is 1.47 bits per heavy atom. The van der Waals surface area contributed by atoms with Gasteiger partial charge < -0.3 is 5.73 Å². The van der Waals surface area contributed by atoms with E-state index < -0.39 is 10.0 Å². The van der Waals surface area contributed by atoms with Crippen LogP contribution in [0, 0.1) is 0 Å². The van der Waals surface area contributed by atoms with E-state index in [-0.39, 0.29) is 16.2 Å². The van der Waals surface area contributed by atoms with Gasteiger partial charge in [0, 0.05) is 22.9 Å². The third-order valence-corrected chi connectivity index (χ3v) is 6.56. The molecular weight excluding hydrogens is 304 g/mol. The van der Waals surface area contributed by atoms with E-state index in [0.717, 1.165) is 12.8 Å². The molecule has 0 bridgehead atoms. The van der Waals surface area contributed by atoms with Crippen LogP contribution in [0.3, 0.4) is 0 Å². The lowest BCUT2D eigenvalue weighted by atomic mass is 10.2. The normalized spacial score (nSPS) is 17.4. The number of nitrogens with one attached hydrogen (secondary N) is 1. The Bertz CT molecular complexity index is 571. The van der Waals surface area contributed by atoms with Crippen LogP contribution >= 0.6 is 23.4 Å². The van der Waals surface area contributed by atoms with Crippen molar-refractivity contribution < 1.29 is 8.42 Å². The van der Waals surface area contributed by atoms with Crippen molar-refractivity contribution in [2.75, 3.05) is 12.8 Å². The van der Waals surface area contributed by atoms with Gasteiger partial charge in [0.15, 0.2) is 0 Å². The SMILES string of the molecule is CSC1(CNS(=O)(=O)c2ccc(Cl)c(CN)c2)CC1. The van der Waals surface area contributed by atoms with Crippen LogP contribution in [0.15, 0.2) is 23.1 Å². The van der Waals surface area contributed by atoms with Crippen molar-refractivity contribution in [1.82, 2.24) is 4.72 Å². The first-order valence-corrected chi connectivity index (χ1v) is 9.04. The van der Waals surface area contributed by atoms with Gasteiger partial charge in [-0.1, -0.05) is 11.6 Å². The second kappa shape index (κ2) is 5.61. The summed E-state index contributed by atoms with van der Waals surface area (Å²) in [6, 6.07) is 4.60. The van der Waals surface area contributed by atoms with Crippen molar-refractivity contribution in [3.05, 3.63) is 28.8 Å². The van der Waals surface area contributed by atoms with Crippen LogP contribution in [0.2, 0.25) is 5.02 Å². The molecule has 1 aromatic rings. The van der Waals surface area contributed by atoms with E-state index >= 15 is 0 Å². The maximum absolute atomic E-state index is 12.2. The van der Waals surface area contributed by atoms with Crippen LogP contribution in [0.1, 0.15) is 18.4 Å². The van der Waals surface area contributed by atoms with E-state index in [1.54, 1.807) is 17.8 Å². The molecule has 0 amide bonds. The summed E-state index contributed by atoms with van der Waals surface area (Å²) in [6.45, 7) is 0.689. The summed E-state index contributed by atoms with van der Waals surface area (Å²) >= 11 is 7.65. The monoisotopic (exact) mass is 320 g/mol. The van der Waals surface area contributed by atoms with Gasteiger partial charge in [-0.25, -0.2) is 13.1 Å². The standard InChI is InChI=1S/C12H17ClN2O2S2/c1-18-12(4-5-12)8-15-19(16,17)10-2-3-11(13)9(6-10)7-14/h2-3,6,15H,4-5,7-8,14H2,1H3. The van der Waals surface area contributed by atoms with Crippen LogP contribution in [0.4, 0.5) is 0 Å². The van der Waals surface area contributed by atoms with Crippen molar-refractivity contribution in [3.63, 3.8) is 0 Å². The van der Waals surface area contributed by atoms with Gasteiger partial charge in [0.25, 0.3) is 0 Å². The summed E-state index contributed by atoms with van der Waals surface area (Å²) in [5.41, 5.74) is 6.17. The molecule has 106 valence electrons. The van der Waals surface area contributed by atoms with E-state index in [9.17, 15) is 8.42 Å². The molecule has 0 heterocycles. The van der Waals surface area contributed by atoms with Gasteiger partial charge in [0.2, 0.25) is 10.0 Å². The summed E-state index contributed by atoms with van der Waals surface area (Å²) in [7, 11) is -3.49. The second-order valence-electron chi connectivity index (χ2n) is 4.67. The number of benzene rings is 1. The van der Waals surface area contributed by atoms with Crippen LogP contribution < -0.4 is 10.5 Å². The van der Waals surface area contributed by atoms with Crippen molar-refractivity contribution in [1.29, 1.82) is 0 Å². The van der Waals surface area contributed by atoms with E-state index in [1.807, 2.05) is 6.26 Å². The molecule has 1 aliphatic rings. The van der Waals surface area contributed by atoms with Gasteiger partial charge in [-0.15, -0.1) is 0 Å². The average Bonchev–Trinajstić information content (AvgIpc) is 3.17. The van der Waals surface area contributed by atoms with Gasteiger partial charge >= 0.3 is 0 Å². The van der Waals surface area contributed by atoms with Crippen LogP contribution in [0.25, 0.3) is 0 Å². The number of hydrogen-bond donors (Lipinski definition) is 2. The average molecular weight is 321 g/mol. The van der Waals surface area contributed by atoms with Crippen molar-refractivity contribution in [3.8, 4) is 0 Å². The highest BCUT2D eigenvalue weighted by molar-refractivity contribution is 8.00. The fourth-order valence-electron chi connectivity index (χ4n) is 1.78. The van der Waals surface area contributed by atoms with Gasteiger partial charge in [0.05, 0.1) is 4.90 Å². The van der Waals surface area contributed by atoms with E-state index in [4.69, 9.17) is 17.3 Å². The number of thioether (sulfide) groups is 1. The zero-order valence-corrected chi connectivity index (χ0v) is 13.0. The van der Waals surface area contributed by atoms with Crippen molar-refractivity contribution >= 4 is 33.4 Å². The third-order valence-electron chi connectivity index (χ3n) is 3.37. The Balaban J connectivity index is 2.15. The molecule has 1 saturated carbocycles. The molecule has 0 atom stereocenters. The summed E-state index contributed by atoms with van der Waals surface area (Å²) in [5, 5.41) is 0.490. The molecule has 2 rings (SSSR count). The molecular formula is C12H17ClN2O2S2. The fourth-order valence-corrected chi connectivity index (χ4v) is 3.97. The predicted octanol–water partition coefficient (Wildman–Crippen LogP) is 1.97. The number of halogens is 1. The highest BCUT2D eigenvalue weighted by Crippen LogP contribution is 2.46. The molecule has 0 aromatic heterocycles. The largest absolute Gasteiger partial charge is 0.326 e. The Hall–Kier alpha value is -0.270. The Morgan fingerprint density at radius 3 is 2.68 bits per heavy atom. The van der Waals surface area contributed by atoms with Crippen molar-refractivity contribution in [2.24, 2.45) is 5.73 Å². The zero-order chi connectivity index (χ0) is 14.1. The third kappa shape index (κ3) is 3.44. The first-order valence-electron chi connectivity index (χ1n) is 5.96. The summed E-state index contributed by atoms with van der Waals surface area (Å²) in [4.78, 5) is 0.217. The molecule has 0 spiro atoms. The van der Waals surface area contributed by atoms with E-state index in [0.29, 0.717) is 17.1 Å². The van der Waals surface area contributed by atoms with Crippen LogP contribution in [-0.2, 0) is 16.6 Å². The van der Waals surface area contributed by atoms with Gasteiger partial charge in [-0.3, -0.25) is 0 Å². The fraction of sp³-hybridized carbons (Fsp3) is 0.500. The zero-order valence-electron chi connectivity index (χ0n) is 10.6. The quantitative estimate of drug-likeness (QED) is 0.840. The van der Waals surface area contributed by atoms with Gasteiger partial charge in [0.1, 0.15) is 0 Å². The highest BCUT2D eigenvalue weighted by Gasteiger charge is 2.42. The first-order chi connectivity index (χ1) is 8.92. The Morgan fingerprint density at radius 2 is 2.16 bits per heavy atom. The van der Waals surface area contributed by atoms with Gasteiger partial charge in [-0.05, 0) is 42.9 Å². The lowest BCUT2D eigenvalue weighted by Gasteiger charge is -2.14. The summed E-state index contributed by atoms with van der Waals surface area (Å²) in [6.07, 6.45) is 4.13. The second-order valence-corrected chi connectivity index (χ2v) is 8.12. The van der Waals surface area contributed by atoms with E-state index in [2.05, 4.69) is 4.72 Å². The first kappa shape index (κ1) is 15.1.